The van der Waals surface area contributed by atoms with Gasteiger partial charge in [0.2, 0.25) is 0 Å². The number of hydrogen-bond donors (Lipinski definition) is 1. The molecule has 0 atom stereocenters. The van der Waals surface area contributed by atoms with Crippen molar-refractivity contribution in [1.82, 2.24) is 15.1 Å². The lowest BCUT2D eigenvalue weighted by Crippen LogP contribution is -2.52. The summed E-state index contributed by atoms with van der Waals surface area (Å²) in [5.41, 5.74) is 0. The van der Waals surface area contributed by atoms with Crippen molar-refractivity contribution in [2.24, 2.45) is 0 Å². The maximum Gasteiger partial charge on any atom is 0.409 e. The molecule has 6 nitrogen and oxygen atoms in total. The van der Waals surface area contributed by atoms with Gasteiger partial charge in [-0.1, -0.05) is 0 Å². The fraction of sp³-hybridized carbons (Fsp3) is 0.750. The van der Waals surface area contributed by atoms with Crippen LogP contribution in [0.3, 0.4) is 0 Å². The number of nitrogens with one attached hydrogen (secondary N) is 1. The molecule has 0 radical (unpaired) electrons. The zero-order valence-electron chi connectivity index (χ0n) is 8.45. The highest BCUT2D eigenvalue weighted by Gasteiger charge is 2.23. The van der Waals surface area contributed by atoms with Gasteiger partial charge < -0.3 is 19.9 Å². The Labute approximate surface area is 82.8 Å². The van der Waals surface area contributed by atoms with E-state index in [1.807, 2.05) is 0 Å². The van der Waals surface area contributed by atoms with Crippen LogP contribution in [0.15, 0.2) is 0 Å². The number of ether oxygens (including phenoxy) is 1. The molecule has 0 saturated carbocycles. The molecule has 6 heteroatoms. The van der Waals surface area contributed by atoms with Gasteiger partial charge in [0.15, 0.2) is 0 Å². The summed E-state index contributed by atoms with van der Waals surface area (Å²) in [6.45, 7) is 2.16. The van der Waals surface area contributed by atoms with Crippen LogP contribution in [0.2, 0.25) is 0 Å². The van der Waals surface area contributed by atoms with Gasteiger partial charge in [-0.15, -0.1) is 0 Å². The summed E-state index contributed by atoms with van der Waals surface area (Å²) >= 11 is 0. The molecule has 3 amide bonds. The number of carbonyl (C=O) groups is 2. The highest BCUT2D eigenvalue weighted by molar-refractivity contribution is 5.74. The van der Waals surface area contributed by atoms with Gasteiger partial charge in [0, 0.05) is 33.2 Å². The van der Waals surface area contributed by atoms with Crippen LogP contribution < -0.4 is 5.32 Å². The minimum absolute atomic E-state index is 0.102. The molecule has 1 aliphatic heterocycles. The van der Waals surface area contributed by atoms with Crippen LogP contribution >= 0.6 is 0 Å². The number of piperazine rings is 1. The first-order valence-corrected chi connectivity index (χ1v) is 4.48. The molecule has 0 unspecified atom stereocenters. The van der Waals surface area contributed by atoms with Crippen molar-refractivity contribution >= 4 is 12.1 Å². The van der Waals surface area contributed by atoms with E-state index in [0.717, 1.165) is 0 Å². The van der Waals surface area contributed by atoms with Crippen molar-refractivity contribution in [3.8, 4) is 0 Å². The number of methoxy groups -OCH3 is 1. The SMILES string of the molecule is CNC(=O)N1CCN(C(=O)OC)CC1. The molecule has 1 rings (SSSR count). The molecule has 0 aromatic rings. The second kappa shape index (κ2) is 4.69. The van der Waals surface area contributed by atoms with Crippen LogP contribution in [0.25, 0.3) is 0 Å². The minimum atomic E-state index is -0.332. The normalized spacial score (nSPS) is 16.4. The minimum Gasteiger partial charge on any atom is -0.453 e. The first-order chi connectivity index (χ1) is 6.69. The predicted octanol–water partition coefficient (Wildman–Crippen LogP) is -0.290. The van der Waals surface area contributed by atoms with Crippen LogP contribution in [-0.2, 0) is 4.74 Å². The van der Waals surface area contributed by atoms with Gasteiger partial charge in [-0.05, 0) is 0 Å². The topological polar surface area (TPSA) is 61.9 Å². The molecule has 1 aliphatic rings. The maximum absolute atomic E-state index is 11.2. The van der Waals surface area contributed by atoms with Gasteiger partial charge in [-0.3, -0.25) is 0 Å². The Morgan fingerprint density at radius 3 is 2.07 bits per heavy atom. The first-order valence-electron chi connectivity index (χ1n) is 4.48. The first kappa shape index (κ1) is 10.6. The van der Waals surface area contributed by atoms with E-state index >= 15 is 0 Å². The third kappa shape index (κ3) is 2.27. The van der Waals surface area contributed by atoms with Crippen molar-refractivity contribution < 1.29 is 14.3 Å². The lowest BCUT2D eigenvalue weighted by Gasteiger charge is -2.33. The third-order valence-electron chi connectivity index (χ3n) is 2.21. The summed E-state index contributed by atoms with van der Waals surface area (Å²) in [4.78, 5) is 25.5. The number of hydrogen-bond acceptors (Lipinski definition) is 3. The quantitative estimate of drug-likeness (QED) is 0.586. The lowest BCUT2D eigenvalue weighted by molar-refractivity contribution is 0.0974. The number of rotatable bonds is 0. The molecule has 0 aliphatic carbocycles. The molecule has 1 heterocycles. The smallest absolute Gasteiger partial charge is 0.409 e. The van der Waals surface area contributed by atoms with Crippen LogP contribution in [-0.4, -0.2) is 62.3 Å². The molecule has 0 aromatic carbocycles. The molecule has 1 saturated heterocycles. The summed E-state index contributed by atoms with van der Waals surface area (Å²) in [5.74, 6) is 0. The second-order valence-electron chi connectivity index (χ2n) is 3.00. The van der Waals surface area contributed by atoms with Gasteiger partial charge >= 0.3 is 12.1 Å². The lowest BCUT2D eigenvalue weighted by atomic mass is 10.3. The van der Waals surface area contributed by atoms with E-state index in [0.29, 0.717) is 26.2 Å². The molecule has 0 spiro atoms. The van der Waals surface area contributed by atoms with Crippen molar-refractivity contribution in [3.05, 3.63) is 0 Å². The average Bonchev–Trinajstić information content (AvgIpc) is 2.27. The van der Waals surface area contributed by atoms with Gasteiger partial charge in [0.25, 0.3) is 0 Å². The van der Waals surface area contributed by atoms with E-state index in [2.05, 4.69) is 10.1 Å². The Kier molecular flexibility index (Phi) is 3.55. The molecule has 1 fully saturated rings. The van der Waals surface area contributed by atoms with E-state index in [1.165, 1.54) is 7.11 Å². The Balaban J connectivity index is 2.38. The maximum atomic E-state index is 11.2. The molecule has 0 aromatic heterocycles. The number of urea groups is 1. The molecular weight excluding hydrogens is 186 g/mol. The summed E-state index contributed by atoms with van der Waals surface area (Å²) in [6, 6.07) is -0.102. The average molecular weight is 201 g/mol. The number of nitrogens with zero attached hydrogens (tertiary/aromatic N) is 2. The predicted molar refractivity (Wildman–Crippen MR) is 50.0 cm³/mol. The van der Waals surface area contributed by atoms with Crippen LogP contribution in [0, 0.1) is 0 Å². The zero-order valence-corrected chi connectivity index (χ0v) is 8.45. The van der Waals surface area contributed by atoms with E-state index in [9.17, 15) is 9.59 Å². The highest BCUT2D eigenvalue weighted by atomic mass is 16.5. The second-order valence-corrected chi connectivity index (χ2v) is 3.00. The van der Waals surface area contributed by atoms with E-state index in [1.54, 1.807) is 16.8 Å². The third-order valence-corrected chi connectivity index (χ3v) is 2.21. The zero-order chi connectivity index (χ0) is 10.6. The van der Waals surface area contributed by atoms with Crippen molar-refractivity contribution in [2.75, 3.05) is 40.3 Å². The largest absolute Gasteiger partial charge is 0.453 e. The van der Waals surface area contributed by atoms with Gasteiger partial charge in [-0.2, -0.15) is 0 Å². The van der Waals surface area contributed by atoms with E-state index in [4.69, 9.17) is 0 Å². The van der Waals surface area contributed by atoms with Crippen molar-refractivity contribution in [2.45, 2.75) is 0 Å². The van der Waals surface area contributed by atoms with E-state index < -0.39 is 0 Å². The summed E-state index contributed by atoms with van der Waals surface area (Å²) in [7, 11) is 2.95. The van der Waals surface area contributed by atoms with Crippen molar-refractivity contribution in [3.63, 3.8) is 0 Å². The highest BCUT2D eigenvalue weighted by Crippen LogP contribution is 2.02. The standard InChI is InChI=1S/C8H15N3O3/c1-9-7(12)10-3-5-11(6-4-10)8(13)14-2/h3-6H2,1-2H3,(H,9,12). The Bertz CT molecular complexity index is 200. The fourth-order valence-corrected chi connectivity index (χ4v) is 1.38. The number of amides is 3. The van der Waals surface area contributed by atoms with Crippen LogP contribution in [0.5, 0.6) is 0 Å². The monoisotopic (exact) mass is 201 g/mol. The van der Waals surface area contributed by atoms with Gasteiger partial charge in [-0.25, -0.2) is 9.59 Å². The summed E-state index contributed by atoms with van der Waals surface area (Å²) in [6.07, 6.45) is -0.332. The molecule has 80 valence electrons. The number of carbonyl (C=O) groups excluding carboxylic acids is 2. The molecule has 0 bridgehead atoms. The fourth-order valence-electron chi connectivity index (χ4n) is 1.38. The Morgan fingerprint density at radius 2 is 1.64 bits per heavy atom. The molecule has 1 N–H and O–H groups in total. The van der Waals surface area contributed by atoms with E-state index in [-0.39, 0.29) is 12.1 Å². The van der Waals surface area contributed by atoms with Gasteiger partial charge in [0.1, 0.15) is 0 Å². The Hall–Kier alpha value is -1.46. The molecular formula is C8H15N3O3. The summed E-state index contributed by atoms with van der Waals surface area (Å²) < 4.78 is 4.58. The Morgan fingerprint density at radius 1 is 1.14 bits per heavy atom. The van der Waals surface area contributed by atoms with Gasteiger partial charge in [0.05, 0.1) is 7.11 Å². The van der Waals surface area contributed by atoms with Crippen LogP contribution in [0.1, 0.15) is 0 Å². The van der Waals surface area contributed by atoms with Crippen LogP contribution in [0.4, 0.5) is 9.59 Å². The molecule has 14 heavy (non-hydrogen) atoms. The van der Waals surface area contributed by atoms with Crippen molar-refractivity contribution in [1.29, 1.82) is 0 Å². The summed E-state index contributed by atoms with van der Waals surface area (Å²) in [5, 5.41) is 2.55.